The van der Waals surface area contributed by atoms with Crippen molar-refractivity contribution in [1.29, 1.82) is 0 Å². The molecule has 6 heteroatoms. The fourth-order valence-corrected chi connectivity index (χ4v) is 2.77. The summed E-state index contributed by atoms with van der Waals surface area (Å²) in [6, 6.07) is 8.88. The Hall–Kier alpha value is -2.89. The van der Waals surface area contributed by atoms with Gasteiger partial charge in [-0.15, -0.1) is 0 Å². The highest BCUT2D eigenvalue weighted by Crippen LogP contribution is 2.23. The second kappa shape index (κ2) is 6.93. The highest BCUT2D eigenvalue weighted by molar-refractivity contribution is 5.95. The summed E-state index contributed by atoms with van der Waals surface area (Å²) in [5.74, 6) is -0.315. The molecule has 0 radical (unpaired) electrons. The Bertz CT molecular complexity index is 819. The molecule has 1 aromatic heterocycles. The van der Waals surface area contributed by atoms with Crippen molar-refractivity contribution in [3.63, 3.8) is 0 Å². The smallest absolute Gasteiger partial charge is 0.338 e. The molecule has 3 rings (SSSR count). The standard InChI is InChI=1S/C19H21N3O3/c1-12-5-4-8-20-17(12)9-13(2)22(3)19(24)21-15-6-7-16-14(10-15)11-25-18(16)23/h4-8,10,13H,9,11H2,1-3H3,(H,21,24). The lowest BCUT2D eigenvalue weighted by atomic mass is 10.1. The van der Waals surface area contributed by atoms with E-state index in [2.05, 4.69) is 10.3 Å². The summed E-state index contributed by atoms with van der Waals surface area (Å²) in [6.45, 7) is 4.26. The Morgan fingerprint density at radius 3 is 2.96 bits per heavy atom. The number of urea groups is 1. The molecule has 6 nitrogen and oxygen atoms in total. The van der Waals surface area contributed by atoms with Crippen molar-refractivity contribution in [2.24, 2.45) is 0 Å². The van der Waals surface area contributed by atoms with Gasteiger partial charge in [-0.05, 0) is 43.7 Å². The van der Waals surface area contributed by atoms with E-state index in [1.165, 1.54) is 0 Å². The van der Waals surface area contributed by atoms with Crippen molar-refractivity contribution in [2.45, 2.75) is 32.9 Å². The summed E-state index contributed by atoms with van der Waals surface area (Å²) in [6.07, 6.45) is 2.45. The van der Waals surface area contributed by atoms with Gasteiger partial charge in [0.05, 0.1) is 5.56 Å². The number of rotatable bonds is 4. The number of amides is 2. The first-order valence-corrected chi connectivity index (χ1v) is 8.20. The van der Waals surface area contributed by atoms with Gasteiger partial charge in [0.1, 0.15) is 6.61 Å². The van der Waals surface area contributed by atoms with Crippen LogP contribution in [0.2, 0.25) is 0 Å². The molecule has 0 bridgehead atoms. The number of esters is 1. The summed E-state index contributed by atoms with van der Waals surface area (Å²) in [5.41, 5.74) is 4.11. The molecular weight excluding hydrogens is 318 g/mol. The zero-order valence-electron chi connectivity index (χ0n) is 14.6. The molecule has 1 N–H and O–H groups in total. The summed E-state index contributed by atoms with van der Waals surface area (Å²) in [4.78, 5) is 30.0. The topological polar surface area (TPSA) is 71.5 Å². The number of likely N-dealkylation sites (N-methyl/N-ethyl adjacent to an activating group) is 1. The lowest BCUT2D eigenvalue weighted by Gasteiger charge is -2.25. The van der Waals surface area contributed by atoms with Crippen molar-refractivity contribution >= 4 is 17.7 Å². The van der Waals surface area contributed by atoms with E-state index in [-0.39, 0.29) is 24.6 Å². The minimum atomic E-state index is -0.315. The first-order chi connectivity index (χ1) is 12.0. The van der Waals surface area contributed by atoms with Gasteiger partial charge < -0.3 is 15.0 Å². The molecule has 0 fully saturated rings. The third kappa shape index (κ3) is 3.63. The van der Waals surface area contributed by atoms with E-state index >= 15 is 0 Å². The van der Waals surface area contributed by atoms with Gasteiger partial charge in [0.25, 0.3) is 0 Å². The average molecular weight is 339 g/mol. The Labute approximate surface area is 146 Å². The van der Waals surface area contributed by atoms with Crippen LogP contribution in [0.3, 0.4) is 0 Å². The largest absolute Gasteiger partial charge is 0.457 e. The number of nitrogens with one attached hydrogen (secondary N) is 1. The zero-order chi connectivity index (χ0) is 18.0. The molecule has 1 aliphatic rings. The number of anilines is 1. The SMILES string of the molecule is Cc1cccnc1CC(C)N(C)C(=O)Nc1ccc2c(c1)COC2=O. The van der Waals surface area contributed by atoms with Crippen molar-refractivity contribution in [3.8, 4) is 0 Å². The zero-order valence-corrected chi connectivity index (χ0v) is 14.6. The van der Waals surface area contributed by atoms with Gasteiger partial charge in [0, 0.05) is 42.7 Å². The minimum absolute atomic E-state index is 0.00654. The Morgan fingerprint density at radius 2 is 2.20 bits per heavy atom. The molecular formula is C19H21N3O3. The molecule has 25 heavy (non-hydrogen) atoms. The molecule has 2 heterocycles. The number of aryl methyl sites for hydroxylation is 1. The Kier molecular flexibility index (Phi) is 4.70. The van der Waals surface area contributed by atoms with Gasteiger partial charge in [0.2, 0.25) is 0 Å². The van der Waals surface area contributed by atoms with Gasteiger partial charge in [-0.1, -0.05) is 6.07 Å². The van der Waals surface area contributed by atoms with E-state index in [0.717, 1.165) is 16.8 Å². The van der Waals surface area contributed by atoms with Crippen molar-refractivity contribution in [2.75, 3.05) is 12.4 Å². The van der Waals surface area contributed by atoms with Crippen molar-refractivity contribution in [1.82, 2.24) is 9.88 Å². The number of aromatic nitrogens is 1. The number of pyridine rings is 1. The summed E-state index contributed by atoms with van der Waals surface area (Å²) >= 11 is 0. The van der Waals surface area contributed by atoms with Gasteiger partial charge in [-0.25, -0.2) is 9.59 Å². The number of nitrogens with zero attached hydrogens (tertiary/aromatic N) is 2. The first kappa shape index (κ1) is 17.0. The summed E-state index contributed by atoms with van der Waals surface area (Å²) in [5, 5.41) is 2.87. The van der Waals surface area contributed by atoms with Crippen LogP contribution >= 0.6 is 0 Å². The van der Waals surface area contributed by atoms with Crippen LogP contribution in [0.5, 0.6) is 0 Å². The van der Waals surface area contributed by atoms with Gasteiger partial charge in [-0.2, -0.15) is 0 Å². The van der Waals surface area contributed by atoms with Crippen LogP contribution in [-0.2, 0) is 17.8 Å². The lowest BCUT2D eigenvalue weighted by molar-refractivity contribution is 0.0535. The third-order valence-electron chi connectivity index (χ3n) is 4.52. The Balaban J connectivity index is 1.64. The number of hydrogen-bond acceptors (Lipinski definition) is 4. The molecule has 2 amide bonds. The van der Waals surface area contributed by atoms with Crippen LogP contribution in [0.25, 0.3) is 0 Å². The van der Waals surface area contributed by atoms with E-state index in [0.29, 0.717) is 17.7 Å². The quantitative estimate of drug-likeness (QED) is 0.869. The molecule has 2 aromatic rings. The molecule has 0 spiro atoms. The average Bonchev–Trinajstić information content (AvgIpc) is 2.96. The molecule has 130 valence electrons. The number of fused-ring (bicyclic) bond motifs is 1. The second-order valence-corrected chi connectivity index (χ2v) is 6.31. The number of carbonyl (C=O) groups excluding carboxylic acids is 2. The second-order valence-electron chi connectivity index (χ2n) is 6.31. The highest BCUT2D eigenvalue weighted by Gasteiger charge is 2.22. The minimum Gasteiger partial charge on any atom is -0.457 e. The van der Waals surface area contributed by atoms with E-state index in [1.54, 1.807) is 36.3 Å². The first-order valence-electron chi connectivity index (χ1n) is 8.20. The number of hydrogen-bond donors (Lipinski definition) is 1. The van der Waals surface area contributed by atoms with Crippen LogP contribution in [0, 0.1) is 6.92 Å². The number of ether oxygens (including phenoxy) is 1. The van der Waals surface area contributed by atoms with E-state index in [9.17, 15) is 9.59 Å². The summed E-state index contributed by atoms with van der Waals surface area (Å²) in [7, 11) is 1.76. The molecule has 1 unspecified atom stereocenters. The molecule has 0 saturated heterocycles. The summed E-state index contributed by atoms with van der Waals surface area (Å²) < 4.78 is 4.98. The monoisotopic (exact) mass is 339 g/mol. The predicted molar refractivity (Wildman–Crippen MR) is 94.5 cm³/mol. The van der Waals surface area contributed by atoms with Crippen molar-refractivity contribution in [3.05, 3.63) is 58.9 Å². The van der Waals surface area contributed by atoms with Crippen LogP contribution in [-0.4, -0.2) is 35.0 Å². The van der Waals surface area contributed by atoms with E-state index in [4.69, 9.17) is 4.74 Å². The molecule has 1 aromatic carbocycles. The van der Waals surface area contributed by atoms with Crippen molar-refractivity contribution < 1.29 is 14.3 Å². The van der Waals surface area contributed by atoms with Crippen LogP contribution in [0.1, 0.15) is 34.1 Å². The fraction of sp³-hybridized carbons (Fsp3) is 0.316. The molecule has 0 aliphatic carbocycles. The maximum Gasteiger partial charge on any atom is 0.338 e. The molecule has 0 saturated carbocycles. The number of cyclic esters (lactones) is 1. The Morgan fingerprint density at radius 1 is 1.40 bits per heavy atom. The van der Waals surface area contributed by atoms with Gasteiger partial charge in [0.15, 0.2) is 0 Å². The van der Waals surface area contributed by atoms with E-state index < -0.39 is 0 Å². The van der Waals surface area contributed by atoms with Gasteiger partial charge >= 0.3 is 12.0 Å². The maximum atomic E-state index is 12.5. The normalized spacial score (nSPS) is 13.8. The maximum absolute atomic E-state index is 12.5. The van der Waals surface area contributed by atoms with Crippen LogP contribution < -0.4 is 5.32 Å². The molecule has 1 aliphatic heterocycles. The van der Waals surface area contributed by atoms with Crippen LogP contribution in [0.15, 0.2) is 36.5 Å². The number of benzene rings is 1. The highest BCUT2D eigenvalue weighted by atomic mass is 16.5. The fourth-order valence-electron chi connectivity index (χ4n) is 2.77. The van der Waals surface area contributed by atoms with E-state index in [1.807, 2.05) is 26.0 Å². The predicted octanol–water partition coefficient (Wildman–Crippen LogP) is 3.16. The molecule has 1 atom stereocenters. The van der Waals surface area contributed by atoms with Gasteiger partial charge in [-0.3, -0.25) is 4.98 Å². The third-order valence-corrected chi connectivity index (χ3v) is 4.52. The lowest BCUT2D eigenvalue weighted by Crippen LogP contribution is -2.39. The number of carbonyl (C=O) groups is 2. The van der Waals surface area contributed by atoms with Crippen LogP contribution in [0.4, 0.5) is 10.5 Å².